The van der Waals surface area contributed by atoms with Gasteiger partial charge >= 0.3 is 0 Å². The van der Waals surface area contributed by atoms with Crippen molar-refractivity contribution in [2.75, 3.05) is 13.7 Å². The lowest BCUT2D eigenvalue weighted by atomic mass is 9.96. The van der Waals surface area contributed by atoms with Crippen molar-refractivity contribution in [3.05, 3.63) is 29.8 Å². The molecule has 0 aliphatic heterocycles. The Morgan fingerprint density at radius 1 is 1.35 bits per heavy atom. The molecule has 2 rings (SSSR count). The van der Waals surface area contributed by atoms with E-state index >= 15 is 0 Å². The number of ether oxygens (including phenoxy) is 1. The number of rotatable bonds is 6. The van der Waals surface area contributed by atoms with Gasteiger partial charge in [-0.3, -0.25) is 0 Å². The highest BCUT2D eigenvalue weighted by molar-refractivity contribution is 5.30. The van der Waals surface area contributed by atoms with E-state index in [-0.39, 0.29) is 0 Å². The van der Waals surface area contributed by atoms with Crippen LogP contribution in [0, 0.1) is 5.41 Å². The molecule has 2 nitrogen and oxygen atoms in total. The smallest absolute Gasteiger partial charge is 0.119 e. The predicted molar refractivity (Wildman–Crippen MR) is 71.5 cm³/mol. The highest BCUT2D eigenvalue weighted by Crippen LogP contribution is 2.48. The molecular weight excluding hydrogens is 210 g/mol. The third kappa shape index (κ3) is 3.47. The summed E-state index contributed by atoms with van der Waals surface area (Å²) in [5.74, 6) is 0.968. The fourth-order valence-electron chi connectivity index (χ4n) is 2.23. The lowest BCUT2D eigenvalue weighted by Crippen LogP contribution is -2.30. The van der Waals surface area contributed by atoms with E-state index in [1.54, 1.807) is 7.11 Å². The Hall–Kier alpha value is -1.02. The quantitative estimate of drug-likeness (QED) is 0.815. The Kier molecular flexibility index (Phi) is 3.72. The van der Waals surface area contributed by atoms with Crippen molar-refractivity contribution in [3.63, 3.8) is 0 Å². The Bertz CT molecular complexity index is 369. The maximum atomic E-state index is 5.27. The first-order valence-electron chi connectivity index (χ1n) is 6.50. The molecular formula is C15H23NO. The SMILES string of the molecule is COc1cccc(CC2(CNC(C)C)CC2)c1. The van der Waals surface area contributed by atoms with Gasteiger partial charge in [-0.2, -0.15) is 0 Å². The maximum absolute atomic E-state index is 5.27. The average Bonchev–Trinajstić information content (AvgIpc) is 3.07. The minimum absolute atomic E-state index is 0.511. The second kappa shape index (κ2) is 5.09. The number of hydrogen-bond acceptors (Lipinski definition) is 2. The third-order valence-corrected chi connectivity index (χ3v) is 3.56. The molecule has 1 aromatic carbocycles. The Balaban J connectivity index is 1.95. The van der Waals surface area contributed by atoms with Crippen LogP contribution in [0.2, 0.25) is 0 Å². The normalized spacial score (nSPS) is 17.2. The highest BCUT2D eigenvalue weighted by atomic mass is 16.5. The molecule has 0 heterocycles. The van der Waals surface area contributed by atoms with Crippen LogP contribution >= 0.6 is 0 Å². The van der Waals surface area contributed by atoms with E-state index in [1.165, 1.54) is 24.8 Å². The molecule has 1 N–H and O–H groups in total. The largest absolute Gasteiger partial charge is 0.497 e. The summed E-state index contributed by atoms with van der Waals surface area (Å²) < 4.78 is 5.27. The highest BCUT2D eigenvalue weighted by Gasteiger charge is 2.42. The fraction of sp³-hybridized carbons (Fsp3) is 0.600. The third-order valence-electron chi connectivity index (χ3n) is 3.56. The lowest BCUT2D eigenvalue weighted by Gasteiger charge is -2.18. The van der Waals surface area contributed by atoms with Crippen LogP contribution in [0.1, 0.15) is 32.3 Å². The number of methoxy groups -OCH3 is 1. The molecule has 0 unspecified atom stereocenters. The van der Waals surface area contributed by atoms with Gasteiger partial charge in [0.15, 0.2) is 0 Å². The van der Waals surface area contributed by atoms with Crippen molar-refractivity contribution < 1.29 is 4.74 Å². The van der Waals surface area contributed by atoms with Gasteiger partial charge < -0.3 is 10.1 Å². The van der Waals surface area contributed by atoms with Gasteiger partial charge in [-0.15, -0.1) is 0 Å². The molecule has 0 radical (unpaired) electrons. The molecule has 0 spiro atoms. The number of nitrogens with one attached hydrogen (secondary N) is 1. The molecule has 0 aromatic heterocycles. The summed E-state index contributed by atoms with van der Waals surface area (Å²) in [6, 6.07) is 9.04. The zero-order chi connectivity index (χ0) is 12.3. The van der Waals surface area contributed by atoms with Gasteiger partial charge in [0.1, 0.15) is 5.75 Å². The van der Waals surface area contributed by atoms with Crippen LogP contribution in [0.4, 0.5) is 0 Å². The predicted octanol–water partition coefficient (Wildman–Crippen LogP) is 3.02. The van der Waals surface area contributed by atoms with Gasteiger partial charge in [-0.05, 0) is 42.4 Å². The van der Waals surface area contributed by atoms with Crippen LogP contribution in [0.15, 0.2) is 24.3 Å². The molecule has 17 heavy (non-hydrogen) atoms. The summed E-state index contributed by atoms with van der Waals surface area (Å²) in [5.41, 5.74) is 1.91. The summed E-state index contributed by atoms with van der Waals surface area (Å²) in [4.78, 5) is 0. The summed E-state index contributed by atoms with van der Waals surface area (Å²) in [7, 11) is 1.73. The van der Waals surface area contributed by atoms with Crippen molar-refractivity contribution in [2.45, 2.75) is 39.2 Å². The molecule has 1 saturated carbocycles. The van der Waals surface area contributed by atoms with E-state index in [0.29, 0.717) is 11.5 Å². The van der Waals surface area contributed by atoms with Crippen LogP contribution < -0.4 is 10.1 Å². The topological polar surface area (TPSA) is 21.3 Å². The van der Waals surface area contributed by atoms with E-state index in [2.05, 4.69) is 37.4 Å². The second-order valence-corrected chi connectivity index (χ2v) is 5.56. The van der Waals surface area contributed by atoms with Crippen LogP contribution in [0.5, 0.6) is 5.75 Å². The summed E-state index contributed by atoms with van der Waals surface area (Å²) in [6.07, 6.45) is 3.87. The van der Waals surface area contributed by atoms with E-state index in [4.69, 9.17) is 4.74 Å². The van der Waals surface area contributed by atoms with Crippen LogP contribution in [-0.4, -0.2) is 19.7 Å². The van der Waals surface area contributed by atoms with Gasteiger partial charge in [-0.25, -0.2) is 0 Å². The maximum Gasteiger partial charge on any atom is 0.119 e. The second-order valence-electron chi connectivity index (χ2n) is 5.56. The summed E-state index contributed by atoms with van der Waals surface area (Å²) in [6.45, 7) is 5.56. The minimum Gasteiger partial charge on any atom is -0.497 e. The van der Waals surface area contributed by atoms with E-state index < -0.39 is 0 Å². The van der Waals surface area contributed by atoms with Gasteiger partial charge in [-0.1, -0.05) is 26.0 Å². The van der Waals surface area contributed by atoms with E-state index in [0.717, 1.165) is 12.3 Å². The lowest BCUT2D eigenvalue weighted by molar-refractivity contribution is 0.410. The minimum atomic E-state index is 0.511. The summed E-state index contributed by atoms with van der Waals surface area (Å²) in [5, 5.41) is 3.57. The number of hydrogen-bond donors (Lipinski definition) is 1. The van der Waals surface area contributed by atoms with Gasteiger partial charge in [0.25, 0.3) is 0 Å². The zero-order valence-corrected chi connectivity index (χ0v) is 11.1. The number of benzene rings is 1. The molecule has 1 aliphatic rings. The Morgan fingerprint density at radius 3 is 2.71 bits per heavy atom. The molecule has 0 saturated heterocycles. The van der Waals surface area contributed by atoms with Crippen molar-refractivity contribution in [1.82, 2.24) is 5.32 Å². The van der Waals surface area contributed by atoms with Crippen LogP contribution in [0.3, 0.4) is 0 Å². The molecule has 0 bridgehead atoms. The van der Waals surface area contributed by atoms with Gasteiger partial charge in [0.2, 0.25) is 0 Å². The summed E-state index contributed by atoms with van der Waals surface area (Å²) >= 11 is 0. The first-order chi connectivity index (χ1) is 8.13. The molecule has 2 heteroatoms. The fourth-order valence-corrected chi connectivity index (χ4v) is 2.23. The van der Waals surface area contributed by atoms with E-state index in [9.17, 15) is 0 Å². The van der Waals surface area contributed by atoms with Gasteiger partial charge in [0.05, 0.1) is 7.11 Å². The van der Waals surface area contributed by atoms with Crippen LogP contribution in [-0.2, 0) is 6.42 Å². The molecule has 1 aliphatic carbocycles. The molecule has 1 aromatic rings. The Morgan fingerprint density at radius 2 is 2.12 bits per heavy atom. The van der Waals surface area contributed by atoms with Crippen molar-refractivity contribution in [2.24, 2.45) is 5.41 Å². The molecule has 1 fully saturated rings. The van der Waals surface area contributed by atoms with Crippen molar-refractivity contribution >= 4 is 0 Å². The zero-order valence-electron chi connectivity index (χ0n) is 11.1. The van der Waals surface area contributed by atoms with Crippen LogP contribution in [0.25, 0.3) is 0 Å². The molecule has 0 amide bonds. The molecule has 94 valence electrons. The molecule has 0 atom stereocenters. The Labute approximate surface area is 104 Å². The van der Waals surface area contributed by atoms with Crippen molar-refractivity contribution in [3.8, 4) is 5.75 Å². The standard InChI is InChI=1S/C15H23NO/c1-12(2)16-11-15(7-8-15)10-13-5-4-6-14(9-13)17-3/h4-6,9,12,16H,7-8,10-11H2,1-3H3. The van der Waals surface area contributed by atoms with E-state index in [1.807, 2.05) is 6.07 Å². The monoisotopic (exact) mass is 233 g/mol. The first kappa shape index (κ1) is 12.4. The van der Waals surface area contributed by atoms with Crippen molar-refractivity contribution in [1.29, 1.82) is 0 Å². The van der Waals surface area contributed by atoms with Gasteiger partial charge in [0, 0.05) is 12.6 Å². The first-order valence-corrected chi connectivity index (χ1v) is 6.50. The average molecular weight is 233 g/mol.